The Kier molecular flexibility index (Phi) is 3.44. The van der Waals surface area contributed by atoms with Gasteiger partial charge in [0, 0.05) is 12.6 Å². The molecule has 0 radical (unpaired) electrons. The lowest BCUT2D eigenvalue weighted by molar-refractivity contribution is -0.154. The fraction of sp³-hybridized carbons (Fsp3) is 0.611. The molecule has 2 bridgehead atoms. The number of halogens is 1. The van der Waals surface area contributed by atoms with Crippen LogP contribution >= 0.6 is 0 Å². The maximum absolute atomic E-state index is 13.0. The van der Waals surface area contributed by atoms with E-state index in [1.54, 1.807) is 12.1 Å². The Labute approximate surface area is 130 Å². The van der Waals surface area contributed by atoms with Crippen molar-refractivity contribution in [3.63, 3.8) is 0 Å². The van der Waals surface area contributed by atoms with Crippen molar-refractivity contribution in [1.29, 1.82) is 0 Å². The number of esters is 1. The summed E-state index contributed by atoms with van der Waals surface area (Å²) in [6.07, 6.45) is 3.68. The lowest BCUT2D eigenvalue weighted by Gasteiger charge is -2.47. The summed E-state index contributed by atoms with van der Waals surface area (Å²) in [5.41, 5.74) is 1.05. The van der Waals surface area contributed by atoms with Gasteiger partial charge in [-0.15, -0.1) is 0 Å². The summed E-state index contributed by atoms with van der Waals surface area (Å²) in [4.78, 5) is 12.3. The summed E-state index contributed by atoms with van der Waals surface area (Å²) >= 11 is 0. The average molecular weight is 303 g/mol. The number of fused-ring (bicyclic) bond motifs is 2. The lowest BCUT2D eigenvalue weighted by atomic mass is 9.61. The largest absolute Gasteiger partial charge is 0.469 e. The molecule has 0 spiro atoms. The minimum absolute atomic E-state index is 0.00653. The Morgan fingerprint density at radius 2 is 1.86 bits per heavy atom. The summed E-state index contributed by atoms with van der Waals surface area (Å²) in [6.45, 7) is 0.680. The van der Waals surface area contributed by atoms with E-state index in [-0.39, 0.29) is 23.7 Å². The van der Waals surface area contributed by atoms with E-state index in [1.807, 2.05) is 0 Å². The molecule has 22 heavy (non-hydrogen) atoms. The third-order valence-electron chi connectivity index (χ3n) is 6.06. The number of benzene rings is 1. The van der Waals surface area contributed by atoms with Gasteiger partial charge in [0.05, 0.1) is 13.0 Å². The van der Waals surface area contributed by atoms with Crippen LogP contribution in [0.3, 0.4) is 0 Å². The van der Waals surface area contributed by atoms with Crippen molar-refractivity contribution in [3.8, 4) is 0 Å². The fourth-order valence-corrected chi connectivity index (χ4v) is 5.03. The molecule has 4 heteroatoms. The molecule has 118 valence electrons. The summed E-state index contributed by atoms with van der Waals surface area (Å²) in [7, 11) is 1.49. The minimum atomic E-state index is -0.214. The topological polar surface area (TPSA) is 38.3 Å². The SMILES string of the molecule is COC(=O)C1C2CCC(C3CC32)C1NCc1ccc(F)cc1. The number of methoxy groups -OCH3 is 1. The van der Waals surface area contributed by atoms with Crippen molar-refractivity contribution in [1.82, 2.24) is 5.32 Å². The van der Waals surface area contributed by atoms with Gasteiger partial charge < -0.3 is 10.1 Å². The summed E-state index contributed by atoms with van der Waals surface area (Å²) in [6, 6.07) is 6.78. The van der Waals surface area contributed by atoms with Crippen LogP contribution in [0, 0.1) is 35.4 Å². The predicted octanol–water partition coefficient (Wildman–Crippen LogP) is 2.75. The van der Waals surface area contributed by atoms with Crippen LogP contribution in [-0.4, -0.2) is 19.1 Å². The Morgan fingerprint density at radius 1 is 1.18 bits per heavy atom. The number of rotatable bonds is 4. The first-order chi connectivity index (χ1) is 10.7. The minimum Gasteiger partial charge on any atom is -0.469 e. The molecule has 6 atom stereocenters. The number of nitrogens with one attached hydrogen (secondary N) is 1. The monoisotopic (exact) mass is 303 g/mol. The van der Waals surface area contributed by atoms with Gasteiger partial charge in [0.2, 0.25) is 0 Å². The Bertz CT molecular complexity index is 573. The number of hydrogen-bond acceptors (Lipinski definition) is 3. The van der Waals surface area contributed by atoms with Crippen LogP contribution in [0.4, 0.5) is 4.39 Å². The molecule has 1 aromatic rings. The number of carbonyl (C=O) groups excluding carboxylic acids is 1. The number of carbonyl (C=O) groups is 1. The van der Waals surface area contributed by atoms with Crippen LogP contribution in [0.15, 0.2) is 24.3 Å². The van der Waals surface area contributed by atoms with Crippen molar-refractivity contribution < 1.29 is 13.9 Å². The highest BCUT2D eigenvalue weighted by molar-refractivity contribution is 5.74. The molecule has 4 fully saturated rings. The average Bonchev–Trinajstić information content (AvgIpc) is 3.35. The molecule has 3 nitrogen and oxygen atoms in total. The molecule has 4 saturated carbocycles. The van der Waals surface area contributed by atoms with Gasteiger partial charge in [-0.1, -0.05) is 12.1 Å². The van der Waals surface area contributed by atoms with Crippen LogP contribution in [0.2, 0.25) is 0 Å². The molecule has 0 aliphatic heterocycles. The highest BCUT2D eigenvalue weighted by Crippen LogP contribution is 2.64. The van der Waals surface area contributed by atoms with Gasteiger partial charge in [0.1, 0.15) is 5.82 Å². The third-order valence-corrected chi connectivity index (χ3v) is 6.06. The van der Waals surface area contributed by atoms with Crippen molar-refractivity contribution in [3.05, 3.63) is 35.6 Å². The van der Waals surface area contributed by atoms with Crippen LogP contribution in [-0.2, 0) is 16.1 Å². The third kappa shape index (κ3) is 2.24. The van der Waals surface area contributed by atoms with Gasteiger partial charge in [-0.2, -0.15) is 0 Å². The highest BCUT2D eigenvalue weighted by atomic mass is 19.1. The molecule has 0 aromatic heterocycles. The van der Waals surface area contributed by atoms with Gasteiger partial charge >= 0.3 is 5.97 Å². The fourth-order valence-electron chi connectivity index (χ4n) is 5.03. The summed E-state index contributed by atoms with van der Waals surface area (Å²) in [5, 5.41) is 3.59. The second-order valence-electron chi connectivity index (χ2n) is 7.05. The zero-order valence-electron chi connectivity index (χ0n) is 12.8. The molecule has 0 saturated heterocycles. The zero-order valence-corrected chi connectivity index (χ0v) is 12.8. The normalized spacial score (nSPS) is 38.5. The molecule has 5 rings (SSSR count). The van der Waals surface area contributed by atoms with Gasteiger partial charge in [-0.3, -0.25) is 4.79 Å². The second-order valence-corrected chi connectivity index (χ2v) is 7.05. The van der Waals surface area contributed by atoms with E-state index < -0.39 is 0 Å². The van der Waals surface area contributed by atoms with Crippen LogP contribution in [0.25, 0.3) is 0 Å². The molecule has 4 aliphatic carbocycles. The molecule has 0 heterocycles. The maximum atomic E-state index is 13.0. The standard InChI is InChI=1S/C18H22FNO2/c1-22-18(21)16-12-6-7-13(15-8-14(12)15)17(16)20-9-10-2-4-11(19)5-3-10/h2-5,12-17,20H,6-9H2,1H3. The first-order valence-electron chi connectivity index (χ1n) is 8.24. The summed E-state index contributed by atoms with van der Waals surface area (Å²) < 4.78 is 18.1. The van der Waals surface area contributed by atoms with E-state index in [1.165, 1.54) is 38.5 Å². The Morgan fingerprint density at radius 3 is 2.59 bits per heavy atom. The molecule has 1 aromatic carbocycles. The van der Waals surface area contributed by atoms with Crippen molar-refractivity contribution >= 4 is 5.97 Å². The van der Waals surface area contributed by atoms with Crippen LogP contribution in [0.1, 0.15) is 24.8 Å². The lowest BCUT2D eigenvalue weighted by Crippen LogP contribution is -2.55. The predicted molar refractivity (Wildman–Crippen MR) is 80.3 cm³/mol. The molecular formula is C18H22FNO2. The van der Waals surface area contributed by atoms with Gasteiger partial charge in [-0.05, 0) is 60.6 Å². The van der Waals surface area contributed by atoms with E-state index in [9.17, 15) is 9.18 Å². The van der Waals surface area contributed by atoms with Gasteiger partial charge in [0.15, 0.2) is 0 Å². The van der Waals surface area contributed by atoms with E-state index in [0.717, 1.165) is 17.4 Å². The van der Waals surface area contributed by atoms with E-state index in [4.69, 9.17) is 4.74 Å². The van der Waals surface area contributed by atoms with Crippen molar-refractivity contribution in [2.75, 3.05) is 7.11 Å². The zero-order chi connectivity index (χ0) is 15.3. The highest BCUT2D eigenvalue weighted by Gasteiger charge is 2.63. The Hall–Kier alpha value is -1.42. The number of hydrogen-bond donors (Lipinski definition) is 1. The van der Waals surface area contributed by atoms with E-state index in [2.05, 4.69) is 5.32 Å². The van der Waals surface area contributed by atoms with Crippen LogP contribution in [0.5, 0.6) is 0 Å². The first-order valence-corrected chi connectivity index (χ1v) is 8.24. The van der Waals surface area contributed by atoms with E-state index >= 15 is 0 Å². The molecule has 1 N–H and O–H groups in total. The molecule has 6 unspecified atom stereocenters. The van der Waals surface area contributed by atoms with Gasteiger partial charge in [-0.25, -0.2) is 4.39 Å². The van der Waals surface area contributed by atoms with Crippen molar-refractivity contribution in [2.45, 2.75) is 31.8 Å². The molecular weight excluding hydrogens is 281 g/mol. The van der Waals surface area contributed by atoms with E-state index in [0.29, 0.717) is 18.4 Å². The van der Waals surface area contributed by atoms with Crippen LogP contribution < -0.4 is 5.32 Å². The smallest absolute Gasteiger partial charge is 0.310 e. The molecule has 0 amide bonds. The Balaban J connectivity index is 1.50. The van der Waals surface area contributed by atoms with Crippen molar-refractivity contribution in [2.24, 2.45) is 29.6 Å². The maximum Gasteiger partial charge on any atom is 0.310 e. The second kappa shape index (κ2) is 5.34. The van der Waals surface area contributed by atoms with Gasteiger partial charge in [0.25, 0.3) is 0 Å². The first kappa shape index (κ1) is 14.2. The quantitative estimate of drug-likeness (QED) is 0.869. The summed E-state index contributed by atoms with van der Waals surface area (Å²) in [5.74, 6) is 2.38. The number of ether oxygens (including phenoxy) is 1. The molecule has 4 aliphatic rings.